The third-order valence-corrected chi connectivity index (χ3v) is 4.80. The van der Waals surface area contributed by atoms with Crippen LogP contribution in [0, 0.1) is 6.92 Å². The molecule has 0 fully saturated rings. The van der Waals surface area contributed by atoms with Crippen molar-refractivity contribution >= 4 is 34.2 Å². The largest absolute Gasteiger partial charge is 0.475 e. The first kappa shape index (κ1) is 20.5. The molecule has 0 spiro atoms. The number of aromatic nitrogens is 2. The maximum atomic E-state index is 12.1. The van der Waals surface area contributed by atoms with Crippen LogP contribution in [0.15, 0.2) is 4.91 Å². The van der Waals surface area contributed by atoms with Gasteiger partial charge in [0.25, 0.3) is 0 Å². The predicted molar refractivity (Wildman–Crippen MR) is 94.0 cm³/mol. The molecule has 1 aliphatic heterocycles. The van der Waals surface area contributed by atoms with Gasteiger partial charge in [0.15, 0.2) is 9.84 Å². The average Bonchev–Trinajstić information content (AvgIpc) is 2.65. The van der Waals surface area contributed by atoms with E-state index in [4.69, 9.17) is 4.74 Å². The third kappa shape index (κ3) is 4.71. The molecule has 2 N–H and O–H groups in total. The van der Waals surface area contributed by atoms with Crippen LogP contribution in [0.5, 0.6) is 5.88 Å². The summed E-state index contributed by atoms with van der Waals surface area (Å²) >= 11 is 0. The van der Waals surface area contributed by atoms with Gasteiger partial charge in [-0.1, -0.05) is 0 Å². The average molecular weight is 379 g/mol. The lowest BCUT2D eigenvalue weighted by Gasteiger charge is -2.22. The van der Waals surface area contributed by atoms with E-state index in [1.165, 1.54) is 6.26 Å². The molecule has 10 heteroatoms. The number of sulfone groups is 1. The molecule has 0 saturated carbocycles. The maximum Gasteiger partial charge on any atom is 0.234 e. The van der Waals surface area contributed by atoms with Gasteiger partial charge in [-0.3, -0.25) is 4.79 Å². The first-order chi connectivity index (χ1) is 10.7. The molecule has 136 valence electrons. The zero-order valence-electron chi connectivity index (χ0n) is 14.1. The van der Waals surface area contributed by atoms with Gasteiger partial charge in [0.05, 0.1) is 23.8 Å². The molecule has 1 aromatic heterocycles. The van der Waals surface area contributed by atoms with Crippen molar-refractivity contribution in [2.24, 2.45) is 7.05 Å². The number of aryl methyl sites for hydroxylation is 2. The van der Waals surface area contributed by atoms with Gasteiger partial charge in [-0.15, -0.1) is 12.4 Å². The molecule has 0 radical (unpaired) electrons. The predicted octanol–water partition coefficient (Wildman–Crippen LogP) is 0.0225. The molecule has 1 aliphatic rings. The van der Waals surface area contributed by atoms with Gasteiger partial charge in [-0.2, -0.15) is 5.10 Å². The van der Waals surface area contributed by atoms with E-state index < -0.39 is 15.9 Å². The van der Waals surface area contributed by atoms with Crippen molar-refractivity contribution in [1.29, 1.82) is 0 Å². The number of likely N-dealkylation sites (N-methyl/N-ethyl adjacent to an activating group) is 1. The number of carbonyl (C=O) groups is 1. The van der Waals surface area contributed by atoms with Gasteiger partial charge in [0, 0.05) is 24.6 Å². The van der Waals surface area contributed by atoms with E-state index in [0.717, 1.165) is 0 Å². The molecular formula is C14H23ClN4O4S. The molecule has 1 atom stereocenters. The van der Waals surface area contributed by atoms with Crippen LogP contribution < -0.4 is 15.4 Å². The Labute approximate surface area is 148 Å². The molecule has 1 amide bonds. The second-order valence-electron chi connectivity index (χ2n) is 5.62. The molecule has 8 nitrogen and oxygen atoms in total. The molecule has 2 rings (SSSR count). The Bertz CT molecular complexity index is 742. The van der Waals surface area contributed by atoms with E-state index in [1.54, 1.807) is 31.8 Å². The Kier molecular flexibility index (Phi) is 6.82. The first-order valence-electron chi connectivity index (χ1n) is 7.23. The summed E-state index contributed by atoms with van der Waals surface area (Å²) in [6.07, 6.45) is 2.94. The highest BCUT2D eigenvalue weighted by molar-refractivity contribution is 7.94. The van der Waals surface area contributed by atoms with Gasteiger partial charge < -0.3 is 15.4 Å². The van der Waals surface area contributed by atoms with E-state index in [1.807, 2.05) is 0 Å². The standard InChI is InChI=1S/C14H22N4O4S.ClH/c1-9-12-6-11(23(4,20)21)5-10(16-13(19)7-15-2)8-22-14(12)18(3)17-9;/h6,10,15H,5,7-8H2,1-4H3,(H,16,19);1H/b11-6+;. The molecular weight excluding hydrogens is 356 g/mol. The van der Waals surface area contributed by atoms with Crippen LogP contribution in [0.2, 0.25) is 0 Å². The van der Waals surface area contributed by atoms with Crippen LogP contribution in [0.25, 0.3) is 6.08 Å². The van der Waals surface area contributed by atoms with Crippen LogP contribution in [0.1, 0.15) is 17.7 Å². The molecule has 0 aliphatic carbocycles. The lowest BCUT2D eigenvalue weighted by Crippen LogP contribution is -2.43. The second-order valence-corrected chi connectivity index (χ2v) is 7.69. The van der Waals surface area contributed by atoms with E-state index in [2.05, 4.69) is 15.7 Å². The number of nitrogens with one attached hydrogen (secondary N) is 2. The van der Waals surface area contributed by atoms with E-state index >= 15 is 0 Å². The Morgan fingerprint density at radius 3 is 2.75 bits per heavy atom. The molecule has 2 heterocycles. The van der Waals surface area contributed by atoms with Crippen molar-refractivity contribution in [2.75, 3.05) is 26.5 Å². The summed E-state index contributed by atoms with van der Waals surface area (Å²) in [6, 6.07) is -0.430. The van der Waals surface area contributed by atoms with Crippen LogP contribution in [-0.2, 0) is 21.7 Å². The van der Waals surface area contributed by atoms with Crippen LogP contribution in [-0.4, -0.2) is 56.6 Å². The van der Waals surface area contributed by atoms with Crippen molar-refractivity contribution in [3.8, 4) is 5.88 Å². The minimum atomic E-state index is -3.40. The van der Waals surface area contributed by atoms with Crippen molar-refractivity contribution in [2.45, 2.75) is 19.4 Å². The lowest BCUT2D eigenvalue weighted by molar-refractivity contribution is -0.121. The normalized spacial score (nSPS) is 19.7. The minimum absolute atomic E-state index is 0. The number of amides is 1. The van der Waals surface area contributed by atoms with Gasteiger partial charge in [-0.05, 0) is 20.0 Å². The molecule has 1 unspecified atom stereocenters. The summed E-state index contributed by atoms with van der Waals surface area (Å²) in [5, 5.41) is 9.80. The second kappa shape index (κ2) is 8.00. The smallest absolute Gasteiger partial charge is 0.234 e. The molecule has 0 saturated heterocycles. The van der Waals surface area contributed by atoms with Crippen molar-refractivity contribution in [1.82, 2.24) is 20.4 Å². The van der Waals surface area contributed by atoms with Gasteiger partial charge in [-0.25, -0.2) is 13.1 Å². The van der Waals surface area contributed by atoms with Crippen molar-refractivity contribution < 1.29 is 17.9 Å². The SMILES string of the molecule is CNCC(=O)NC1COc2c(c(C)nn2C)/C=C(/S(C)(=O)=O)C1.Cl. The van der Waals surface area contributed by atoms with Crippen molar-refractivity contribution in [3.05, 3.63) is 16.2 Å². The number of rotatable bonds is 4. The fourth-order valence-corrected chi connectivity index (χ4v) is 3.32. The highest BCUT2D eigenvalue weighted by Gasteiger charge is 2.26. The van der Waals surface area contributed by atoms with Crippen LogP contribution >= 0.6 is 12.4 Å². The fourth-order valence-electron chi connectivity index (χ4n) is 2.48. The Balaban J connectivity index is 0.00000288. The topological polar surface area (TPSA) is 102 Å². The highest BCUT2D eigenvalue weighted by atomic mass is 35.5. The quantitative estimate of drug-likeness (QED) is 0.766. The zero-order chi connectivity index (χ0) is 17.2. The molecule has 0 aromatic carbocycles. The Morgan fingerprint density at radius 2 is 2.17 bits per heavy atom. The summed E-state index contributed by atoms with van der Waals surface area (Å²) in [6.45, 7) is 2.13. The van der Waals surface area contributed by atoms with Crippen LogP contribution in [0.3, 0.4) is 0 Å². The summed E-state index contributed by atoms with van der Waals surface area (Å²) in [7, 11) is 0.00450. The summed E-state index contributed by atoms with van der Waals surface area (Å²) < 4.78 is 31.5. The van der Waals surface area contributed by atoms with E-state index in [9.17, 15) is 13.2 Å². The highest BCUT2D eigenvalue weighted by Crippen LogP contribution is 2.29. The first-order valence-corrected chi connectivity index (χ1v) is 9.12. The van der Waals surface area contributed by atoms with Gasteiger partial charge >= 0.3 is 0 Å². The number of halogens is 1. The van der Waals surface area contributed by atoms with Gasteiger partial charge in [0.1, 0.15) is 6.61 Å². The summed E-state index contributed by atoms with van der Waals surface area (Å²) in [5.74, 6) is 0.284. The number of nitrogens with zero attached hydrogens (tertiary/aromatic N) is 2. The number of hydrogen-bond acceptors (Lipinski definition) is 6. The number of fused-ring (bicyclic) bond motifs is 1. The summed E-state index contributed by atoms with van der Waals surface area (Å²) in [4.78, 5) is 12.0. The van der Waals surface area contributed by atoms with E-state index in [-0.39, 0.29) is 42.8 Å². The Hall–Kier alpha value is -1.58. The lowest BCUT2D eigenvalue weighted by atomic mass is 10.1. The third-order valence-electron chi connectivity index (χ3n) is 3.57. The molecule has 0 bridgehead atoms. The van der Waals surface area contributed by atoms with Gasteiger partial charge in [0.2, 0.25) is 11.8 Å². The van der Waals surface area contributed by atoms with Crippen LogP contribution in [0.4, 0.5) is 0 Å². The van der Waals surface area contributed by atoms with Crippen molar-refractivity contribution in [3.63, 3.8) is 0 Å². The van der Waals surface area contributed by atoms with E-state index in [0.29, 0.717) is 17.1 Å². The Morgan fingerprint density at radius 1 is 1.50 bits per heavy atom. The number of carbonyl (C=O) groups excluding carboxylic acids is 1. The zero-order valence-corrected chi connectivity index (χ0v) is 15.8. The minimum Gasteiger partial charge on any atom is -0.475 e. The summed E-state index contributed by atoms with van der Waals surface area (Å²) in [5.41, 5.74) is 1.36. The fraction of sp³-hybridized carbons (Fsp3) is 0.571. The number of hydrogen-bond donors (Lipinski definition) is 2. The molecule has 24 heavy (non-hydrogen) atoms. The number of ether oxygens (including phenoxy) is 1. The molecule has 1 aromatic rings. The monoisotopic (exact) mass is 378 g/mol. The maximum absolute atomic E-state index is 12.1.